The zero-order valence-electron chi connectivity index (χ0n) is 23.8. The highest BCUT2D eigenvalue weighted by atomic mass is 35.5. The topological polar surface area (TPSA) is 111 Å². The summed E-state index contributed by atoms with van der Waals surface area (Å²) in [4.78, 5) is 68.4. The number of aromatic nitrogens is 2. The standard InChI is InChI=1S/C31H32ClFN4O6/c1-43-28(40)12-16-37-30(41)24(23-7-4-8-25(33)29(23)32)18-35(31(37)42)19-27(39)34-13-10-22(11-14-34)36-15-9-20-5-2-3-6-21(20)17-26(36)38/h2-8,18,22H,9-17,19H2,1H3. The van der Waals surface area contributed by atoms with Crippen molar-refractivity contribution in [2.75, 3.05) is 26.7 Å². The van der Waals surface area contributed by atoms with E-state index in [1.807, 2.05) is 23.1 Å². The lowest BCUT2D eigenvalue weighted by Crippen LogP contribution is -2.50. The normalized spacial score (nSPS) is 15.7. The van der Waals surface area contributed by atoms with Crippen LogP contribution in [0.1, 0.15) is 30.4 Å². The van der Waals surface area contributed by atoms with E-state index >= 15 is 0 Å². The van der Waals surface area contributed by atoms with Gasteiger partial charge in [-0.2, -0.15) is 0 Å². The van der Waals surface area contributed by atoms with Gasteiger partial charge in [-0.15, -0.1) is 0 Å². The Labute approximate surface area is 252 Å². The second-order valence-electron chi connectivity index (χ2n) is 10.7. The lowest BCUT2D eigenvalue weighted by Gasteiger charge is -2.38. The van der Waals surface area contributed by atoms with Crippen LogP contribution in [0.4, 0.5) is 4.39 Å². The second kappa shape index (κ2) is 12.9. The van der Waals surface area contributed by atoms with Gasteiger partial charge in [0, 0.05) is 44.0 Å². The van der Waals surface area contributed by atoms with Gasteiger partial charge in [-0.25, -0.2) is 9.18 Å². The van der Waals surface area contributed by atoms with E-state index < -0.39 is 23.0 Å². The second-order valence-corrected chi connectivity index (χ2v) is 11.1. The van der Waals surface area contributed by atoms with E-state index in [4.69, 9.17) is 11.6 Å². The van der Waals surface area contributed by atoms with Crippen LogP contribution in [-0.2, 0) is 45.1 Å². The molecule has 0 spiro atoms. The highest BCUT2D eigenvalue weighted by molar-refractivity contribution is 6.33. The number of hydrogen-bond acceptors (Lipinski definition) is 6. The van der Waals surface area contributed by atoms with Crippen molar-refractivity contribution in [2.45, 2.75) is 51.2 Å². The quantitative estimate of drug-likeness (QED) is 0.381. The van der Waals surface area contributed by atoms with E-state index in [0.29, 0.717) is 38.9 Å². The summed E-state index contributed by atoms with van der Waals surface area (Å²) in [5.74, 6) is -1.63. The van der Waals surface area contributed by atoms with Crippen molar-refractivity contribution in [3.8, 4) is 11.1 Å². The van der Waals surface area contributed by atoms with Crippen molar-refractivity contribution in [3.05, 3.63) is 91.5 Å². The number of rotatable bonds is 7. The SMILES string of the molecule is COC(=O)CCn1c(=O)c(-c2cccc(F)c2Cl)cn(CC(=O)N2CCC(N3CCc4ccccc4CC3=O)CC2)c1=O. The number of carbonyl (C=O) groups excluding carboxylic acids is 3. The average Bonchev–Trinajstić information content (AvgIpc) is 3.18. The van der Waals surface area contributed by atoms with E-state index in [-0.39, 0.29) is 53.5 Å². The predicted molar refractivity (Wildman–Crippen MR) is 157 cm³/mol. The van der Waals surface area contributed by atoms with Crippen LogP contribution in [0.5, 0.6) is 0 Å². The molecule has 12 heteroatoms. The number of carbonyl (C=O) groups is 3. The fourth-order valence-corrected chi connectivity index (χ4v) is 6.06. The molecule has 1 saturated heterocycles. The van der Waals surface area contributed by atoms with Crippen LogP contribution >= 0.6 is 11.6 Å². The van der Waals surface area contributed by atoms with Gasteiger partial charge in [-0.05, 0) is 36.5 Å². The van der Waals surface area contributed by atoms with Crippen LogP contribution in [0.15, 0.2) is 58.3 Å². The van der Waals surface area contributed by atoms with Crippen LogP contribution in [0, 0.1) is 5.82 Å². The first-order chi connectivity index (χ1) is 20.7. The summed E-state index contributed by atoms with van der Waals surface area (Å²) in [6.07, 6.45) is 3.30. The maximum atomic E-state index is 14.3. The van der Waals surface area contributed by atoms with Crippen molar-refractivity contribution in [2.24, 2.45) is 0 Å². The minimum absolute atomic E-state index is 0.00975. The molecule has 3 heterocycles. The van der Waals surface area contributed by atoms with Gasteiger partial charge in [-0.3, -0.25) is 28.3 Å². The van der Waals surface area contributed by atoms with Gasteiger partial charge in [0.2, 0.25) is 11.8 Å². The molecule has 10 nitrogen and oxygen atoms in total. The van der Waals surface area contributed by atoms with E-state index in [2.05, 4.69) is 10.8 Å². The number of benzene rings is 2. The maximum Gasteiger partial charge on any atom is 0.331 e. The third-order valence-electron chi connectivity index (χ3n) is 8.21. The minimum atomic E-state index is -0.789. The van der Waals surface area contributed by atoms with Crippen LogP contribution in [0.2, 0.25) is 5.02 Å². The number of amides is 2. The molecule has 0 radical (unpaired) electrons. The van der Waals surface area contributed by atoms with Gasteiger partial charge >= 0.3 is 11.7 Å². The molecule has 0 aliphatic carbocycles. The lowest BCUT2D eigenvalue weighted by molar-refractivity contribution is -0.141. The zero-order chi connectivity index (χ0) is 30.7. The number of hydrogen-bond donors (Lipinski definition) is 0. The molecule has 2 aromatic carbocycles. The molecule has 1 fully saturated rings. The molecule has 0 atom stereocenters. The van der Waals surface area contributed by atoms with Gasteiger partial charge < -0.3 is 14.5 Å². The number of methoxy groups -OCH3 is 1. The van der Waals surface area contributed by atoms with E-state index in [1.54, 1.807) is 4.90 Å². The monoisotopic (exact) mass is 610 g/mol. The molecule has 0 bridgehead atoms. The van der Waals surface area contributed by atoms with Crippen LogP contribution in [0.25, 0.3) is 11.1 Å². The number of nitrogens with zero attached hydrogens (tertiary/aromatic N) is 4. The molecule has 0 saturated carbocycles. The van der Waals surface area contributed by atoms with Crippen LogP contribution in [-0.4, -0.2) is 69.5 Å². The van der Waals surface area contributed by atoms with Crippen molar-refractivity contribution >= 4 is 29.4 Å². The van der Waals surface area contributed by atoms with E-state index in [9.17, 15) is 28.4 Å². The van der Waals surface area contributed by atoms with Crippen molar-refractivity contribution in [3.63, 3.8) is 0 Å². The Morgan fingerprint density at radius 1 is 0.977 bits per heavy atom. The lowest BCUT2D eigenvalue weighted by atomic mass is 10.0. The summed E-state index contributed by atoms with van der Waals surface area (Å²) in [5, 5.41) is -0.302. The molecule has 5 rings (SSSR count). The Hall–Kier alpha value is -4.25. The van der Waals surface area contributed by atoms with Crippen molar-refractivity contribution in [1.29, 1.82) is 0 Å². The Morgan fingerprint density at radius 3 is 2.42 bits per heavy atom. The Morgan fingerprint density at radius 2 is 1.70 bits per heavy atom. The molecule has 1 aromatic heterocycles. The number of likely N-dealkylation sites (tertiary alicyclic amines) is 1. The smallest absolute Gasteiger partial charge is 0.331 e. The molecule has 0 N–H and O–H groups in total. The molecule has 0 unspecified atom stereocenters. The number of esters is 1. The Bertz CT molecular complexity index is 1680. The minimum Gasteiger partial charge on any atom is -0.469 e. The first-order valence-electron chi connectivity index (χ1n) is 14.2. The molecule has 226 valence electrons. The third kappa shape index (κ3) is 6.41. The molecule has 2 aliphatic heterocycles. The van der Waals surface area contributed by atoms with Crippen LogP contribution in [0.3, 0.4) is 0 Å². The first kappa shape index (κ1) is 30.2. The highest BCUT2D eigenvalue weighted by Crippen LogP contribution is 2.28. The number of ether oxygens (including phenoxy) is 1. The van der Waals surface area contributed by atoms with Gasteiger partial charge in [0.1, 0.15) is 12.4 Å². The first-order valence-corrected chi connectivity index (χ1v) is 14.5. The van der Waals surface area contributed by atoms with E-state index in [0.717, 1.165) is 27.2 Å². The Kier molecular flexibility index (Phi) is 9.10. The maximum absolute atomic E-state index is 14.3. The fraction of sp³-hybridized carbons (Fsp3) is 0.387. The highest BCUT2D eigenvalue weighted by Gasteiger charge is 2.31. The van der Waals surface area contributed by atoms with Gasteiger partial charge in [0.05, 0.1) is 30.5 Å². The van der Waals surface area contributed by atoms with E-state index in [1.165, 1.54) is 31.0 Å². The zero-order valence-corrected chi connectivity index (χ0v) is 24.5. The molecule has 43 heavy (non-hydrogen) atoms. The molecule has 2 aliphatic rings. The largest absolute Gasteiger partial charge is 0.469 e. The molecular weight excluding hydrogens is 579 g/mol. The van der Waals surface area contributed by atoms with Crippen molar-refractivity contribution < 1.29 is 23.5 Å². The summed E-state index contributed by atoms with van der Waals surface area (Å²) in [5.41, 5.74) is 0.660. The van der Waals surface area contributed by atoms with Gasteiger partial charge in [0.15, 0.2) is 0 Å². The summed E-state index contributed by atoms with van der Waals surface area (Å²) in [6, 6.07) is 11.9. The van der Waals surface area contributed by atoms with Crippen LogP contribution < -0.4 is 11.2 Å². The summed E-state index contributed by atoms with van der Waals surface area (Å²) in [7, 11) is 1.19. The van der Waals surface area contributed by atoms with Gasteiger partial charge in [-0.1, -0.05) is 48.0 Å². The van der Waals surface area contributed by atoms with Crippen molar-refractivity contribution in [1.82, 2.24) is 18.9 Å². The predicted octanol–water partition coefficient (Wildman–Crippen LogP) is 2.65. The van der Waals surface area contributed by atoms with Gasteiger partial charge in [0.25, 0.3) is 5.56 Å². The summed E-state index contributed by atoms with van der Waals surface area (Å²) < 4.78 is 20.8. The molecular formula is C31H32ClFN4O6. The number of halogens is 2. The molecule has 2 amide bonds. The third-order valence-corrected chi connectivity index (χ3v) is 8.60. The average molecular weight is 611 g/mol. The number of piperidine rings is 1. The summed E-state index contributed by atoms with van der Waals surface area (Å²) in [6.45, 7) is 0.764. The molecule has 3 aromatic rings. The Balaban J connectivity index is 1.33. The fourth-order valence-electron chi connectivity index (χ4n) is 5.83. The summed E-state index contributed by atoms with van der Waals surface area (Å²) >= 11 is 6.16. The number of fused-ring (bicyclic) bond motifs is 1.